The maximum absolute atomic E-state index is 12.9. The zero-order valence-electron chi connectivity index (χ0n) is 9.89. The van der Waals surface area contributed by atoms with Crippen molar-refractivity contribution in [3.8, 4) is 11.4 Å². The molecule has 90 valence electrons. The zero-order valence-corrected chi connectivity index (χ0v) is 9.89. The Morgan fingerprint density at radius 1 is 1.11 bits per heavy atom. The number of halogens is 1. The highest BCUT2D eigenvalue weighted by Crippen LogP contribution is 2.23. The van der Waals surface area contributed by atoms with E-state index < -0.39 is 0 Å². The summed E-state index contributed by atoms with van der Waals surface area (Å²) in [6, 6.07) is 10.1. The monoisotopic (exact) mass is 241 g/mol. The molecule has 0 aliphatic carbocycles. The number of pyridine rings is 1. The van der Waals surface area contributed by atoms with E-state index in [2.05, 4.69) is 4.98 Å². The first-order chi connectivity index (χ1) is 8.65. The van der Waals surface area contributed by atoms with Crippen LogP contribution in [0.4, 0.5) is 10.1 Å². The molecule has 0 spiro atoms. The fourth-order valence-corrected chi connectivity index (χ4v) is 2.06. The number of benzene rings is 1. The summed E-state index contributed by atoms with van der Waals surface area (Å²) in [4.78, 5) is 4.52. The van der Waals surface area contributed by atoms with Gasteiger partial charge in [0, 0.05) is 17.4 Å². The minimum atomic E-state index is -0.254. The van der Waals surface area contributed by atoms with Crippen LogP contribution in [-0.2, 0) is 0 Å². The topological polar surface area (TPSA) is 43.3 Å². The minimum absolute atomic E-state index is 0.254. The summed E-state index contributed by atoms with van der Waals surface area (Å²) in [5.41, 5.74) is 9.26. The summed E-state index contributed by atoms with van der Waals surface area (Å²) < 4.78 is 14.9. The molecule has 3 nitrogen and oxygen atoms in total. The molecule has 2 heterocycles. The standard InChI is InChI=1S/C14H12FN3/c1-9-13-7-6-12(16)8-18(13)14(17-9)10-2-4-11(15)5-3-10/h2-8H,16H2,1H3. The molecule has 2 N–H and O–H groups in total. The van der Waals surface area contributed by atoms with Crippen molar-refractivity contribution in [1.29, 1.82) is 0 Å². The third kappa shape index (κ3) is 1.62. The van der Waals surface area contributed by atoms with Gasteiger partial charge < -0.3 is 5.73 Å². The van der Waals surface area contributed by atoms with Gasteiger partial charge in [-0.3, -0.25) is 4.40 Å². The highest BCUT2D eigenvalue weighted by molar-refractivity contribution is 5.66. The number of fused-ring (bicyclic) bond motifs is 1. The van der Waals surface area contributed by atoms with Gasteiger partial charge in [0.15, 0.2) is 0 Å². The number of aryl methyl sites for hydroxylation is 1. The smallest absolute Gasteiger partial charge is 0.144 e. The van der Waals surface area contributed by atoms with E-state index in [-0.39, 0.29) is 5.82 Å². The molecule has 0 unspecified atom stereocenters. The van der Waals surface area contributed by atoms with Crippen LogP contribution in [0, 0.1) is 12.7 Å². The summed E-state index contributed by atoms with van der Waals surface area (Å²) in [5.74, 6) is 0.519. The Morgan fingerprint density at radius 3 is 2.56 bits per heavy atom. The van der Waals surface area contributed by atoms with E-state index >= 15 is 0 Å². The van der Waals surface area contributed by atoms with Crippen LogP contribution < -0.4 is 5.73 Å². The number of nitrogen functional groups attached to an aromatic ring is 1. The molecule has 0 fully saturated rings. The van der Waals surface area contributed by atoms with Crippen LogP contribution in [0.5, 0.6) is 0 Å². The average Bonchev–Trinajstić information content (AvgIpc) is 2.67. The number of nitrogens with two attached hydrogens (primary N) is 1. The highest BCUT2D eigenvalue weighted by atomic mass is 19.1. The molecule has 3 rings (SSSR count). The molecule has 0 radical (unpaired) electrons. The fraction of sp³-hybridized carbons (Fsp3) is 0.0714. The van der Waals surface area contributed by atoms with Gasteiger partial charge in [-0.2, -0.15) is 0 Å². The van der Waals surface area contributed by atoms with Gasteiger partial charge in [0.2, 0.25) is 0 Å². The Morgan fingerprint density at radius 2 is 1.83 bits per heavy atom. The molecule has 18 heavy (non-hydrogen) atoms. The van der Waals surface area contributed by atoms with Crippen LogP contribution >= 0.6 is 0 Å². The first-order valence-corrected chi connectivity index (χ1v) is 5.65. The van der Waals surface area contributed by atoms with E-state index in [1.54, 1.807) is 12.1 Å². The average molecular weight is 241 g/mol. The zero-order chi connectivity index (χ0) is 12.7. The molecule has 3 aromatic rings. The second-order valence-electron chi connectivity index (χ2n) is 4.25. The van der Waals surface area contributed by atoms with Crippen molar-refractivity contribution < 1.29 is 4.39 Å². The van der Waals surface area contributed by atoms with Gasteiger partial charge >= 0.3 is 0 Å². The Kier molecular flexibility index (Phi) is 2.30. The van der Waals surface area contributed by atoms with Crippen molar-refractivity contribution in [3.05, 3.63) is 54.1 Å². The van der Waals surface area contributed by atoms with Crippen molar-refractivity contribution in [2.75, 3.05) is 5.73 Å². The lowest BCUT2D eigenvalue weighted by Crippen LogP contribution is -1.93. The Balaban J connectivity index is 2.28. The summed E-state index contributed by atoms with van der Waals surface area (Å²) in [6.07, 6.45) is 1.83. The van der Waals surface area contributed by atoms with Crippen molar-refractivity contribution >= 4 is 11.2 Å². The van der Waals surface area contributed by atoms with Gasteiger partial charge in [-0.1, -0.05) is 0 Å². The number of rotatable bonds is 1. The molecule has 0 aliphatic heterocycles. The predicted octanol–water partition coefficient (Wildman–Crippen LogP) is 3.03. The van der Waals surface area contributed by atoms with Gasteiger partial charge in [0.1, 0.15) is 11.6 Å². The third-order valence-electron chi connectivity index (χ3n) is 2.95. The number of aromatic nitrogens is 2. The predicted molar refractivity (Wildman–Crippen MR) is 69.7 cm³/mol. The van der Waals surface area contributed by atoms with Gasteiger partial charge in [-0.05, 0) is 43.3 Å². The van der Waals surface area contributed by atoms with Crippen LogP contribution in [0.15, 0.2) is 42.6 Å². The summed E-state index contributed by atoms with van der Waals surface area (Å²) in [5, 5.41) is 0. The first-order valence-electron chi connectivity index (χ1n) is 5.65. The number of imidazole rings is 1. The molecule has 0 saturated carbocycles. The highest BCUT2D eigenvalue weighted by Gasteiger charge is 2.09. The number of anilines is 1. The maximum Gasteiger partial charge on any atom is 0.144 e. The first kappa shape index (κ1) is 10.8. The number of hydrogen-bond acceptors (Lipinski definition) is 2. The lowest BCUT2D eigenvalue weighted by molar-refractivity contribution is 0.628. The molecule has 2 aromatic heterocycles. The normalized spacial score (nSPS) is 11.0. The molecular formula is C14H12FN3. The lowest BCUT2D eigenvalue weighted by Gasteiger charge is -2.02. The van der Waals surface area contributed by atoms with Gasteiger partial charge in [0.25, 0.3) is 0 Å². The summed E-state index contributed by atoms with van der Waals surface area (Å²) in [7, 11) is 0. The molecule has 0 atom stereocenters. The van der Waals surface area contributed by atoms with Crippen LogP contribution in [0.1, 0.15) is 5.69 Å². The molecule has 1 aromatic carbocycles. The van der Waals surface area contributed by atoms with Gasteiger partial charge in [-0.15, -0.1) is 0 Å². The summed E-state index contributed by atoms with van der Waals surface area (Å²) in [6.45, 7) is 1.94. The van der Waals surface area contributed by atoms with Crippen molar-refractivity contribution in [2.45, 2.75) is 6.92 Å². The van der Waals surface area contributed by atoms with Gasteiger partial charge in [-0.25, -0.2) is 9.37 Å². The minimum Gasteiger partial charge on any atom is -0.398 e. The second kappa shape index (κ2) is 3.84. The molecule has 0 amide bonds. The van der Waals surface area contributed by atoms with E-state index in [1.807, 2.05) is 29.7 Å². The number of hydrogen-bond donors (Lipinski definition) is 1. The summed E-state index contributed by atoms with van der Waals surface area (Å²) >= 11 is 0. The van der Waals surface area contributed by atoms with E-state index in [0.29, 0.717) is 5.69 Å². The van der Waals surface area contributed by atoms with E-state index in [4.69, 9.17) is 5.73 Å². The Hall–Kier alpha value is -2.36. The van der Waals surface area contributed by atoms with Crippen LogP contribution in [-0.4, -0.2) is 9.38 Å². The van der Waals surface area contributed by atoms with E-state index in [9.17, 15) is 4.39 Å². The van der Waals surface area contributed by atoms with Crippen LogP contribution in [0.25, 0.3) is 16.9 Å². The largest absolute Gasteiger partial charge is 0.398 e. The lowest BCUT2D eigenvalue weighted by atomic mass is 10.2. The molecule has 0 bridgehead atoms. The van der Waals surface area contributed by atoms with Crippen molar-refractivity contribution in [1.82, 2.24) is 9.38 Å². The molecule has 0 saturated heterocycles. The molecule has 0 aliphatic rings. The molecule has 4 heteroatoms. The Bertz CT molecular complexity index is 714. The van der Waals surface area contributed by atoms with Crippen LogP contribution in [0.3, 0.4) is 0 Å². The fourth-order valence-electron chi connectivity index (χ4n) is 2.06. The quantitative estimate of drug-likeness (QED) is 0.711. The molecular weight excluding hydrogens is 229 g/mol. The van der Waals surface area contributed by atoms with Crippen LogP contribution in [0.2, 0.25) is 0 Å². The number of nitrogens with zero attached hydrogens (tertiary/aromatic N) is 2. The Labute approximate surface area is 104 Å². The maximum atomic E-state index is 12.9. The third-order valence-corrected chi connectivity index (χ3v) is 2.95. The second-order valence-corrected chi connectivity index (χ2v) is 4.25. The SMILES string of the molecule is Cc1nc(-c2ccc(F)cc2)n2cc(N)ccc12. The van der Waals surface area contributed by atoms with Crippen molar-refractivity contribution in [2.24, 2.45) is 0 Å². The van der Waals surface area contributed by atoms with E-state index in [0.717, 1.165) is 22.6 Å². The van der Waals surface area contributed by atoms with E-state index in [1.165, 1.54) is 12.1 Å². The van der Waals surface area contributed by atoms with Crippen molar-refractivity contribution in [3.63, 3.8) is 0 Å². The van der Waals surface area contributed by atoms with Gasteiger partial charge in [0.05, 0.1) is 11.2 Å².